The molecular weight excluding hydrogens is 276 g/mol. The largest absolute Gasteiger partial charge is 0.354 e. The predicted molar refractivity (Wildman–Crippen MR) is 86.1 cm³/mol. The van der Waals surface area contributed by atoms with E-state index in [1.54, 1.807) is 11.8 Å². The van der Waals surface area contributed by atoms with Gasteiger partial charge in [0.05, 0.1) is 5.25 Å². The fourth-order valence-corrected chi connectivity index (χ4v) is 5.28. The SMILES string of the molecule is O=C(NCCNC1CCCCCC1)[C@@H]1CSCCS1. The molecule has 0 unspecified atom stereocenters. The van der Waals surface area contributed by atoms with Crippen LogP contribution in [0.5, 0.6) is 0 Å². The normalized spacial score (nSPS) is 25.8. The highest BCUT2D eigenvalue weighted by Gasteiger charge is 2.21. The molecule has 1 aliphatic carbocycles. The molecule has 1 atom stereocenters. The summed E-state index contributed by atoms with van der Waals surface area (Å²) >= 11 is 3.71. The summed E-state index contributed by atoms with van der Waals surface area (Å²) in [6.07, 6.45) is 8.13. The van der Waals surface area contributed by atoms with Crippen LogP contribution in [0.3, 0.4) is 0 Å². The number of nitrogens with one attached hydrogen (secondary N) is 2. The van der Waals surface area contributed by atoms with Gasteiger partial charge in [0.1, 0.15) is 0 Å². The minimum atomic E-state index is 0.177. The molecule has 0 spiro atoms. The monoisotopic (exact) mass is 302 g/mol. The van der Waals surface area contributed by atoms with Gasteiger partial charge in [-0.1, -0.05) is 25.7 Å². The molecule has 2 N–H and O–H groups in total. The van der Waals surface area contributed by atoms with Crippen molar-refractivity contribution in [3.8, 4) is 0 Å². The van der Waals surface area contributed by atoms with Gasteiger partial charge in [0.25, 0.3) is 0 Å². The highest BCUT2D eigenvalue weighted by atomic mass is 32.2. The molecule has 0 aromatic rings. The quantitative estimate of drug-likeness (QED) is 0.604. The number of hydrogen-bond donors (Lipinski definition) is 2. The lowest BCUT2D eigenvalue weighted by Crippen LogP contribution is -2.41. The van der Waals surface area contributed by atoms with Crippen LogP contribution in [0.4, 0.5) is 0 Å². The van der Waals surface area contributed by atoms with Crippen molar-refractivity contribution in [2.24, 2.45) is 0 Å². The molecule has 5 heteroatoms. The van der Waals surface area contributed by atoms with Crippen molar-refractivity contribution in [1.29, 1.82) is 0 Å². The molecule has 0 aromatic carbocycles. The maximum Gasteiger partial charge on any atom is 0.234 e. The minimum absolute atomic E-state index is 0.177. The van der Waals surface area contributed by atoms with Crippen molar-refractivity contribution in [3.63, 3.8) is 0 Å². The minimum Gasteiger partial charge on any atom is -0.354 e. The third kappa shape index (κ3) is 5.96. The first-order valence-corrected chi connectivity index (χ1v) is 9.77. The van der Waals surface area contributed by atoms with Gasteiger partial charge in [-0.05, 0) is 12.8 Å². The molecule has 3 nitrogen and oxygen atoms in total. The van der Waals surface area contributed by atoms with Crippen LogP contribution in [-0.4, -0.2) is 47.5 Å². The standard InChI is InChI=1S/C14H26N2OS2/c17-14(13-11-18-9-10-19-13)16-8-7-15-12-5-3-1-2-4-6-12/h12-13,15H,1-11H2,(H,16,17)/t13-/m0/s1. The van der Waals surface area contributed by atoms with Crippen molar-refractivity contribution in [2.75, 3.05) is 30.3 Å². The zero-order chi connectivity index (χ0) is 13.3. The van der Waals surface area contributed by atoms with Crippen molar-refractivity contribution >= 4 is 29.4 Å². The Kier molecular flexibility index (Phi) is 7.46. The number of rotatable bonds is 5. The molecule has 19 heavy (non-hydrogen) atoms. The summed E-state index contributed by atoms with van der Waals surface area (Å²) in [4.78, 5) is 11.9. The van der Waals surface area contributed by atoms with Crippen LogP contribution >= 0.6 is 23.5 Å². The third-order valence-corrected chi connectivity index (χ3v) is 6.57. The Morgan fingerprint density at radius 3 is 2.53 bits per heavy atom. The maximum atomic E-state index is 11.9. The lowest BCUT2D eigenvalue weighted by Gasteiger charge is -2.21. The number of hydrogen-bond acceptors (Lipinski definition) is 4. The van der Waals surface area contributed by atoms with E-state index in [1.165, 1.54) is 44.3 Å². The molecule has 0 bridgehead atoms. The van der Waals surface area contributed by atoms with Gasteiger partial charge in [0.2, 0.25) is 5.91 Å². The van der Waals surface area contributed by atoms with Gasteiger partial charge in [-0.15, -0.1) is 11.8 Å². The topological polar surface area (TPSA) is 41.1 Å². The van der Waals surface area contributed by atoms with E-state index in [0.717, 1.165) is 24.6 Å². The molecule has 1 aliphatic heterocycles. The summed E-state index contributed by atoms with van der Waals surface area (Å²) in [5.74, 6) is 3.52. The van der Waals surface area contributed by atoms with Gasteiger partial charge < -0.3 is 10.6 Å². The van der Waals surface area contributed by atoms with Crippen LogP contribution < -0.4 is 10.6 Å². The van der Waals surface area contributed by atoms with Crippen LogP contribution in [0.2, 0.25) is 0 Å². The number of amides is 1. The summed E-state index contributed by atoms with van der Waals surface area (Å²) < 4.78 is 0. The summed E-state index contributed by atoms with van der Waals surface area (Å²) in [7, 11) is 0. The average Bonchev–Trinajstić information content (AvgIpc) is 2.73. The third-order valence-electron chi connectivity index (χ3n) is 3.82. The first-order chi connectivity index (χ1) is 9.36. The fraction of sp³-hybridized carbons (Fsp3) is 0.929. The summed E-state index contributed by atoms with van der Waals surface area (Å²) in [6, 6.07) is 0.680. The van der Waals surface area contributed by atoms with E-state index in [0.29, 0.717) is 6.04 Å². The van der Waals surface area contributed by atoms with E-state index >= 15 is 0 Å². The van der Waals surface area contributed by atoms with Gasteiger partial charge in [-0.2, -0.15) is 11.8 Å². The zero-order valence-corrected chi connectivity index (χ0v) is 13.3. The van der Waals surface area contributed by atoms with Crippen LogP contribution in [0, 0.1) is 0 Å². The second-order valence-electron chi connectivity index (χ2n) is 5.37. The Bertz CT molecular complexity index is 262. The lowest BCUT2D eigenvalue weighted by molar-refractivity contribution is -0.120. The molecule has 1 heterocycles. The van der Waals surface area contributed by atoms with Gasteiger partial charge >= 0.3 is 0 Å². The van der Waals surface area contributed by atoms with Crippen molar-refractivity contribution in [3.05, 3.63) is 0 Å². The van der Waals surface area contributed by atoms with Crippen molar-refractivity contribution in [2.45, 2.75) is 49.8 Å². The van der Waals surface area contributed by atoms with Crippen molar-refractivity contribution < 1.29 is 4.79 Å². The average molecular weight is 303 g/mol. The van der Waals surface area contributed by atoms with Crippen LogP contribution in [0.15, 0.2) is 0 Å². The number of carbonyl (C=O) groups excluding carboxylic acids is 1. The van der Waals surface area contributed by atoms with Crippen LogP contribution in [0.1, 0.15) is 38.5 Å². The molecule has 1 saturated carbocycles. The highest BCUT2D eigenvalue weighted by molar-refractivity contribution is 8.07. The smallest absolute Gasteiger partial charge is 0.234 e. The Balaban J connectivity index is 1.54. The highest BCUT2D eigenvalue weighted by Crippen LogP contribution is 2.23. The fourth-order valence-electron chi connectivity index (χ4n) is 2.70. The molecule has 0 radical (unpaired) electrons. The molecule has 2 fully saturated rings. The Morgan fingerprint density at radius 1 is 1.05 bits per heavy atom. The van der Waals surface area contributed by atoms with Gasteiger partial charge in [0, 0.05) is 36.4 Å². The lowest BCUT2D eigenvalue weighted by atomic mass is 10.1. The molecular formula is C14H26N2OS2. The van der Waals surface area contributed by atoms with E-state index in [-0.39, 0.29) is 11.2 Å². The summed E-state index contributed by atoms with van der Waals surface area (Å²) in [5.41, 5.74) is 0. The van der Waals surface area contributed by atoms with Gasteiger partial charge in [-0.25, -0.2) is 0 Å². The predicted octanol–water partition coefficient (Wildman–Crippen LogP) is 2.26. The van der Waals surface area contributed by atoms with Crippen molar-refractivity contribution in [1.82, 2.24) is 10.6 Å². The van der Waals surface area contributed by atoms with Gasteiger partial charge in [0.15, 0.2) is 0 Å². The van der Waals surface area contributed by atoms with Crippen LogP contribution in [0.25, 0.3) is 0 Å². The second-order valence-corrected chi connectivity index (χ2v) is 7.83. The van der Waals surface area contributed by atoms with E-state index in [9.17, 15) is 4.79 Å². The van der Waals surface area contributed by atoms with E-state index < -0.39 is 0 Å². The van der Waals surface area contributed by atoms with Crippen LogP contribution in [-0.2, 0) is 4.79 Å². The molecule has 2 rings (SSSR count). The Hall–Kier alpha value is 0.130. The number of carbonyl (C=O) groups is 1. The first kappa shape index (κ1) is 15.5. The molecule has 1 amide bonds. The summed E-state index contributed by atoms with van der Waals surface area (Å²) in [6.45, 7) is 1.69. The summed E-state index contributed by atoms with van der Waals surface area (Å²) in [5, 5.41) is 6.84. The zero-order valence-electron chi connectivity index (χ0n) is 11.7. The first-order valence-electron chi connectivity index (χ1n) is 7.57. The Morgan fingerprint density at radius 2 is 1.84 bits per heavy atom. The Labute approximate surface area is 125 Å². The molecule has 2 aliphatic rings. The molecule has 1 saturated heterocycles. The maximum absolute atomic E-state index is 11.9. The van der Waals surface area contributed by atoms with Gasteiger partial charge in [-0.3, -0.25) is 4.79 Å². The molecule has 110 valence electrons. The van der Waals surface area contributed by atoms with E-state index in [1.807, 2.05) is 11.8 Å². The van der Waals surface area contributed by atoms with E-state index in [2.05, 4.69) is 10.6 Å². The van der Waals surface area contributed by atoms with E-state index in [4.69, 9.17) is 0 Å². The number of thioether (sulfide) groups is 2. The molecule has 0 aromatic heterocycles. The second kappa shape index (κ2) is 9.14.